The SMILES string of the molecule is C.C.CON.CON.CON=CCC=NOC.O=CCC=O. The van der Waals surface area contributed by atoms with E-state index >= 15 is 0 Å². The van der Waals surface area contributed by atoms with Crippen LogP contribution in [0.15, 0.2) is 10.3 Å². The Balaban J connectivity index is -0.0000000424. The van der Waals surface area contributed by atoms with Crippen molar-refractivity contribution < 1.29 is 28.9 Å². The molecule has 0 aromatic heterocycles. The third kappa shape index (κ3) is 142. The van der Waals surface area contributed by atoms with Gasteiger partial charge >= 0.3 is 0 Å². The first-order chi connectivity index (χ1) is 9.66. The van der Waals surface area contributed by atoms with E-state index in [4.69, 9.17) is 0 Å². The molecular weight excluding hydrogens is 296 g/mol. The second-order valence-electron chi connectivity index (χ2n) is 2.22. The minimum atomic E-state index is 0. The predicted molar refractivity (Wildman–Crippen MR) is 88.2 cm³/mol. The Morgan fingerprint density at radius 1 is 0.773 bits per heavy atom. The fourth-order valence-corrected chi connectivity index (χ4v) is 0.322. The van der Waals surface area contributed by atoms with Crippen molar-refractivity contribution in [3.63, 3.8) is 0 Å². The monoisotopic (exact) mass is 328 g/mol. The molecular formula is C12H32N4O6. The molecule has 0 rings (SSSR count). The van der Waals surface area contributed by atoms with Gasteiger partial charge in [-0.05, 0) is 0 Å². The molecule has 0 saturated heterocycles. The van der Waals surface area contributed by atoms with E-state index in [0.717, 1.165) is 0 Å². The molecule has 136 valence electrons. The van der Waals surface area contributed by atoms with Crippen molar-refractivity contribution in [2.24, 2.45) is 22.1 Å². The second kappa shape index (κ2) is 61.3. The summed E-state index contributed by atoms with van der Waals surface area (Å²) in [6.45, 7) is 0. The molecule has 22 heavy (non-hydrogen) atoms. The Bertz CT molecular complexity index is 196. The Labute approximate surface area is 133 Å². The van der Waals surface area contributed by atoms with Crippen LogP contribution in [0.4, 0.5) is 0 Å². The van der Waals surface area contributed by atoms with E-state index < -0.39 is 0 Å². The van der Waals surface area contributed by atoms with Crippen LogP contribution in [-0.4, -0.2) is 53.4 Å². The predicted octanol–water partition coefficient (Wildman–Crippen LogP) is 0.700. The van der Waals surface area contributed by atoms with Crippen LogP contribution in [0.5, 0.6) is 0 Å². The van der Waals surface area contributed by atoms with Gasteiger partial charge in [0.25, 0.3) is 0 Å². The van der Waals surface area contributed by atoms with Gasteiger partial charge in [-0.2, -0.15) is 0 Å². The van der Waals surface area contributed by atoms with E-state index in [1.54, 1.807) is 12.4 Å². The summed E-state index contributed by atoms with van der Waals surface area (Å²) in [6.07, 6.45) is 4.95. The van der Waals surface area contributed by atoms with Crippen molar-refractivity contribution in [1.82, 2.24) is 0 Å². The summed E-state index contributed by atoms with van der Waals surface area (Å²) < 4.78 is 0. The van der Waals surface area contributed by atoms with Crippen molar-refractivity contribution in [2.75, 3.05) is 28.4 Å². The van der Waals surface area contributed by atoms with Gasteiger partial charge in [-0.15, -0.1) is 0 Å². The van der Waals surface area contributed by atoms with Crippen LogP contribution in [0, 0.1) is 0 Å². The lowest BCUT2D eigenvalue weighted by Crippen LogP contribution is -1.86. The Morgan fingerprint density at radius 3 is 1.18 bits per heavy atom. The fourth-order valence-electron chi connectivity index (χ4n) is 0.322. The first kappa shape index (κ1) is 36.9. The summed E-state index contributed by atoms with van der Waals surface area (Å²) >= 11 is 0. The maximum Gasteiger partial charge on any atom is 0.127 e. The minimum absolute atomic E-state index is 0. The van der Waals surface area contributed by atoms with Gasteiger partial charge in [-0.25, -0.2) is 11.8 Å². The van der Waals surface area contributed by atoms with Crippen LogP contribution in [0.1, 0.15) is 27.7 Å². The molecule has 0 aliphatic heterocycles. The molecule has 0 aromatic rings. The first-order valence-electron chi connectivity index (χ1n) is 5.09. The summed E-state index contributed by atoms with van der Waals surface area (Å²) in [4.78, 5) is 34.6. The second-order valence-corrected chi connectivity index (χ2v) is 2.22. The molecule has 0 bridgehead atoms. The van der Waals surface area contributed by atoms with Gasteiger partial charge in [0.05, 0.1) is 20.6 Å². The van der Waals surface area contributed by atoms with Crippen LogP contribution in [0.3, 0.4) is 0 Å². The quantitative estimate of drug-likeness (QED) is 0.313. The normalized spacial score (nSPS) is 7.55. The van der Waals surface area contributed by atoms with Gasteiger partial charge < -0.3 is 28.9 Å². The van der Waals surface area contributed by atoms with Crippen LogP contribution in [0.25, 0.3) is 0 Å². The number of nitrogens with zero attached hydrogens (tertiary/aromatic N) is 2. The number of carbonyl (C=O) groups is 2. The van der Waals surface area contributed by atoms with E-state index in [1.807, 2.05) is 0 Å². The van der Waals surface area contributed by atoms with Gasteiger partial charge in [0.1, 0.15) is 26.8 Å². The highest BCUT2D eigenvalue weighted by atomic mass is 16.6. The lowest BCUT2D eigenvalue weighted by molar-refractivity contribution is -0.114. The fraction of sp³-hybridized carbons (Fsp3) is 0.667. The van der Waals surface area contributed by atoms with Crippen molar-refractivity contribution in [3.8, 4) is 0 Å². The summed E-state index contributed by atoms with van der Waals surface area (Å²) in [5, 5.41) is 6.94. The number of nitrogens with two attached hydrogens (primary N) is 2. The highest BCUT2D eigenvalue weighted by Gasteiger charge is 1.70. The van der Waals surface area contributed by atoms with Gasteiger partial charge in [0.15, 0.2) is 0 Å². The summed E-state index contributed by atoms with van der Waals surface area (Å²) in [5.74, 6) is 8.69. The smallest absolute Gasteiger partial charge is 0.127 e. The van der Waals surface area contributed by atoms with Crippen molar-refractivity contribution in [3.05, 3.63) is 0 Å². The molecule has 0 atom stereocenters. The third-order valence-corrected chi connectivity index (χ3v) is 0.763. The minimum Gasteiger partial charge on any atom is -0.399 e. The number of oxime groups is 2. The molecule has 0 radical (unpaired) electrons. The first-order valence-corrected chi connectivity index (χ1v) is 5.09. The molecule has 0 unspecified atom stereocenters. The number of hydrogen-bond donors (Lipinski definition) is 2. The molecule has 4 N–H and O–H groups in total. The summed E-state index contributed by atoms with van der Waals surface area (Å²) in [7, 11) is 5.79. The Hall–Kier alpha value is -1.88. The van der Waals surface area contributed by atoms with E-state index in [1.165, 1.54) is 28.4 Å². The van der Waals surface area contributed by atoms with E-state index in [-0.39, 0.29) is 21.3 Å². The van der Waals surface area contributed by atoms with Crippen LogP contribution in [-0.2, 0) is 28.9 Å². The topological polar surface area (TPSA) is 148 Å². The van der Waals surface area contributed by atoms with Crippen LogP contribution in [0.2, 0.25) is 0 Å². The van der Waals surface area contributed by atoms with Crippen LogP contribution >= 0.6 is 0 Å². The molecule has 0 aromatic carbocycles. The zero-order valence-corrected chi connectivity index (χ0v) is 12.2. The highest BCUT2D eigenvalue weighted by molar-refractivity contribution is 5.78. The number of carbonyl (C=O) groups excluding carboxylic acids is 2. The van der Waals surface area contributed by atoms with Gasteiger partial charge in [0, 0.05) is 18.9 Å². The lowest BCUT2D eigenvalue weighted by atomic mass is 10.5. The maximum absolute atomic E-state index is 9.17. The summed E-state index contributed by atoms with van der Waals surface area (Å²) in [6, 6.07) is 0. The van der Waals surface area contributed by atoms with E-state index in [2.05, 4.69) is 41.5 Å². The molecule has 0 aliphatic carbocycles. The molecule has 0 heterocycles. The average molecular weight is 328 g/mol. The molecule has 0 saturated carbocycles. The lowest BCUT2D eigenvalue weighted by Gasteiger charge is -1.83. The van der Waals surface area contributed by atoms with Crippen molar-refractivity contribution in [2.45, 2.75) is 27.7 Å². The molecule has 0 fully saturated rings. The Morgan fingerprint density at radius 2 is 1.05 bits per heavy atom. The zero-order chi connectivity index (χ0) is 16.5. The largest absolute Gasteiger partial charge is 0.399 e. The number of hydrogen-bond acceptors (Lipinski definition) is 10. The van der Waals surface area contributed by atoms with Crippen molar-refractivity contribution >= 4 is 25.0 Å². The van der Waals surface area contributed by atoms with Gasteiger partial charge in [0.2, 0.25) is 0 Å². The molecule has 0 aliphatic rings. The average Bonchev–Trinajstić information content (AvgIpc) is 2.42. The van der Waals surface area contributed by atoms with E-state index in [9.17, 15) is 9.59 Å². The third-order valence-electron chi connectivity index (χ3n) is 0.763. The number of rotatable bonds is 6. The van der Waals surface area contributed by atoms with Gasteiger partial charge in [-0.3, -0.25) is 0 Å². The zero-order valence-electron chi connectivity index (χ0n) is 12.2. The molecule has 0 spiro atoms. The van der Waals surface area contributed by atoms with Crippen LogP contribution < -0.4 is 11.8 Å². The standard InChI is InChI=1S/C5H10N2O2.C3H4O2.2CH5NO.2CH4/c1-8-6-4-3-5-7-9-2;4-2-1-3-5;2*1-3-2;;/h4-5H,3H2,1-2H3;2-3H,1H2;2*2H2,1H3;2*1H4. The van der Waals surface area contributed by atoms with Crippen molar-refractivity contribution in [1.29, 1.82) is 0 Å². The summed E-state index contributed by atoms with van der Waals surface area (Å²) in [5.41, 5.74) is 0. The number of aldehydes is 2. The molecule has 10 heteroatoms. The highest BCUT2D eigenvalue weighted by Crippen LogP contribution is 1.71. The van der Waals surface area contributed by atoms with Gasteiger partial charge in [-0.1, -0.05) is 25.2 Å². The maximum atomic E-state index is 9.17. The molecule has 0 amide bonds. The Kier molecular flexibility index (Phi) is 103. The van der Waals surface area contributed by atoms with E-state index in [0.29, 0.717) is 19.0 Å². The molecule has 10 nitrogen and oxygen atoms in total.